The van der Waals surface area contributed by atoms with Gasteiger partial charge >= 0.3 is 0 Å². The third-order valence-electron chi connectivity index (χ3n) is 2.80. The van der Waals surface area contributed by atoms with Gasteiger partial charge in [-0.1, -0.05) is 6.92 Å². The first-order valence-corrected chi connectivity index (χ1v) is 7.29. The minimum Gasteiger partial charge on any atom is -0.385 e. The van der Waals surface area contributed by atoms with Gasteiger partial charge in [0.2, 0.25) is 10.0 Å². The molecule has 1 saturated heterocycles. The van der Waals surface area contributed by atoms with Crippen LogP contribution in [-0.4, -0.2) is 51.3 Å². The number of methoxy groups -OCH3 is 1. The maximum absolute atomic E-state index is 12.0. The molecule has 16 heavy (non-hydrogen) atoms. The Morgan fingerprint density at radius 1 is 1.44 bits per heavy atom. The van der Waals surface area contributed by atoms with E-state index in [0.717, 1.165) is 6.42 Å². The van der Waals surface area contributed by atoms with Gasteiger partial charge in [-0.3, -0.25) is 0 Å². The second-order valence-corrected chi connectivity index (χ2v) is 6.67. The number of ether oxygens (including phenoxy) is 1. The Balaban J connectivity index is 2.53. The molecule has 96 valence electrons. The van der Waals surface area contributed by atoms with Crippen LogP contribution in [0.5, 0.6) is 0 Å². The molecule has 0 aromatic carbocycles. The Bertz CT molecular complexity index is 295. The summed E-state index contributed by atoms with van der Waals surface area (Å²) in [6.45, 7) is 3.58. The fraction of sp³-hybridized carbons (Fsp3) is 1.00. The van der Waals surface area contributed by atoms with Crippen LogP contribution in [0, 0.1) is 5.92 Å². The van der Waals surface area contributed by atoms with Crippen molar-refractivity contribution in [3.05, 3.63) is 0 Å². The highest BCUT2D eigenvalue weighted by Crippen LogP contribution is 2.18. The molecule has 0 radical (unpaired) electrons. The van der Waals surface area contributed by atoms with Gasteiger partial charge in [0.05, 0.1) is 5.75 Å². The Morgan fingerprint density at radius 2 is 2.12 bits per heavy atom. The first-order valence-electron chi connectivity index (χ1n) is 5.68. The zero-order valence-corrected chi connectivity index (χ0v) is 10.9. The van der Waals surface area contributed by atoms with Crippen molar-refractivity contribution in [1.29, 1.82) is 0 Å². The Morgan fingerprint density at radius 3 is 2.69 bits per heavy atom. The monoisotopic (exact) mass is 250 g/mol. The van der Waals surface area contributed by atoms with Crippen LogP contribution in [-0.2, 0) is 14.8 Å². The molecule has 2 unspecified atom stereocenters. The van der Waals surface area contributed by atoms with E-state index in [1.807, 2.05) is 6.92 Å². The van der Waals surface area contributed by atoms with Crippen molar-refractivity contribution in [2.45, 2.75) is 25.8 Å². The van der Waals surface area contributed by atoms with Crippen LogP contribution in [0.3, 0.4) is 0 Å². The average Bonchev–Trinajstić information content (AvgIpc) is 2.16. The number of piperidine rings is 1. The van der Waals surface area contributed by atoms with Crippen LogP contribution in [0.2, 0.25) is 0 Å². The molecule has 0 spiro atoms. The van der Waals surface area contributed by atoms with Crippen molar-refractivity contribution in [3.8, 4) is 0 Å². The molecule has 1 fully saturated rings. The zero-order chi connectivity index (χ0) is 12.2. The molecule has 2 atom stereocenters. The van der Waals surface area contributed by atoms with E-state index in [1.165, 1.54) is 4.31 Å². The molecule has 0 saturated carbocycles. The molecule has 1 aliphatic rings. The zero-order valence-electron chi connectivity index (χ0n) is 10.1. The van der Waals surface area contributed by atoms with Crippen LogP contribution in [0.15, 0.2) is 0 Å². The molecule has 0 amide bonds. The molecule has 0 bridgehead atoms. The van der Waals surface area contributed by atoms with Gasteiger partial charge in [0.1, 0.15) is 0 Å². The summed E-state index contributed by atoms with van der Waals surface area (Å²) in [5.74, 6) is 0.501. The van der Waals surface area contributed by atoms with Crippen molar-refractivity contribution in [3.63, 3.8) is 0 Å². The smallest absolute Gasteiger partial charge is 0.214 e. The maximum atomic E-state index is 12.0. The van der Waals surface area contributed by atoms with Crippen LogP contribution in [0.1, 0.15) is 19.8 Å². The van der Waals surface area contributed by atoms with Crippen LogP contribution in [0.25, 0.3) is 0 Å². The second-order valence-electron chi connectivity index (χ2n) is 4.58. The number of hydrogen-bond donors (Lipinski definition) is 1. The summed E-state index contributed by atoms with van der Waals surface area (Å²) in [5.41, 5.74) is 5.84. The van der Waals surface area contributed by atoms with Gasteiger partial charge < -0.3 is 10.5 Å². The van der Waals surface area contributed by atoms with Crippen LogP contribution in [0.4, 0.5) is 0 Å². The van der Waals surface area contributed by atoms with E-state index in [9.17, 15) is 8.42 Å². The van der Waals surface area contributed by atoms with Crippen molar-refractivity contribution < 1.29 is 13.2 Å². The highest BCUT2D eigenvalue weighted by Gasteiger charge is 2.30. The number of rotatable bonds is 5. The molecular weight excluding hydrogens is 228 g/mol. The third-order valence-corrected chi connectivity index (χ3v) is 4.69. The summed E-state index contributed by atoms with van der Waals surface area (Å²) in [7, 11) is -1.57. The van der Waals surface area contributed by atoms with E-state index in [-0.39, 0.29) is 11.8 Å². The Hall–Kier alpha value is -0.170. The van der Waals surface area contributed by atoms with Gasteiger partial charge in [-0.05, 0) is 18.8 Å². The summed E-state index contributed by atoms with van der Waals surface area (Å²) in [4.78, 5) is 0. The normalized spacial score (nSPS) is 28.2. The van der Waals surface area contributed by atoms with E-state index in [0.29, 0.717) is 32.0 Å². The lowest BCUT2D eigenvalue weighted by atomic mass is 9.99. The Kier molecular flexibility index (Phi) is 5.17. The van der Waals surface area contributed by atoms with E-state index >= 15 is 0 Å². The lowest BCUT2D eigenvalue weighted by Crippen LogP contribution is -2.49. The fourth-order valence-corrected chi connectivity index (χ4v) is 3.73. The Labute approximate surface area is 98.0 Å². The number of sulfonamides is 1. The predicted molar refractivity (Wildman–Crippen MR) is 63.6 cm³/mol. The largest absolute Gasteiger partial charge is 0.385 e. The molecule has 1 heterocycles. The van der Waals surface area contributed by atoms with E-state index in [4.69, 9.17) is 10.5 Å². The first kappa shape index (κ1) is 13.9. The molecule has 0 aromatic heterocycles. The van der Waals surface area contributed by atoms with Gasteiger partial charge in [0, 0.05) is 32.8 Å². The number of hydrogen-bond acceptors (Lipinski definition) is 4. The van der Waals surface area contributed by atoms with Gasteiger partial charge in [0.25, 0.3) is 0 Å². The van der Waals surface area contributed by atoms with Crippen LogP contribution >= 0.6 is 0 Å². The van der Waals surface area contributed by atoms with Crippen molar-refractivity contribution in [1.82, 2.24) is 4.31 Å². The summed E-state index contributed by atoms with van der Waals surface area (Å²) in [6.07, 6.45) is 1.45. The molecule has 1 rings (SSSR count). The number of nitrogens with two attached hydrogens (primary N) is 1. The van der Waals surface area contributed by atoms with Crippen LogP contribution < -0.4 is 5.73 Å². The summed E-state index contributed by atoms with van der Waals surface area (Å²) in [5, 5.41) is 0. The minimum atomic E-state index is -3.15. The van der Waals surface area contributed by atoms with Gasteiger partial charge in [-0.15, -0.1) is 0 Å². The molecule has 1 aliphatic heterocycles. The van der Waals surface area contributed by atoms with Crippen molar-refractivity contribution in [2.24, 2.45) is 11.7 Å². The van der Waals surface area contributed by atoms with Gasteiger partial charge in [0.15, 0.2) is 0 Å². The minimum absolute atomic E-state index is 0.0269. The second kappa shape index (κ2) is 5.95. The number of nitrogens with zero attached hydrogens (tertiary/aromatic N) is 1. The molecule has 0 aliphatic carbocycles. The van der Waals surface area contributed by atoms with Gasteiger partial charge in [-0.2, -0.15) is 0 Å². The average molecular weight is 250 g/mol. The highest BCUT2D eigenvalue weighted by atomic mass is 32.2. The standard InChI is InChI=1S/C10H22N2O3S/c1-9-6-10(11)8-12(7-9)16(13,14)5-3-4-15-2/h9-10H,3-8,11H2,1-2H3. The first-order chi connectivity index (χ1) is 7.45. The van der Waals surface area contributed by atoms with Crippen molar-refractivity contribution in [2.75, 3.05) is 32.6 Å². The van der Waals surface area contributed by atoms with E-state index in [2.05, 4.69) is 0 Å². The molecule has 0 aromatic rings. The van der Waals surface area contributed by atoms with E-state index < -0.39 is 10.0 Å². The maximum Gasteiger partial charge on any atom is 0.214 e. The summed E-state index contributed by atoms with van der Waals surface area (Å²) in [6, 6.07) is -0.0269. The lowest BCUT2D eigenvalue weighted by molar-refractivity contribution is 0.198. The molecule has 5 nitrogen and oxygen atoms in total. The molecule has 2 N–H and O–H groups in total. The summed E-state index contributed by atoms with van der Waals surface area (Å²) >= 11 is 0. The topological polar surface area (TPSA) is 72.6 Å². The molecular formula is C10H22N2O3S. The van der Waals surface area contributed by atoms with Crippen molar-refractivity contribution >= 4 is 10.0 Å². The highest BCUT2D eigenvalue weighted by molar-refractivity contribution is 7.89. The molecule has 6 heteroatoms. The fourth-order valence-electron chi connectivity index (χ4n) is 2.09. The summed E-state index contributed by atoms with van der Waals surface area (Å²) < 4.78 is 30.3. The van der Waals surface area contributed by atoms with Gasteiger partial charge in [-0.25, -0.2) is 12.7 Å². The van der Waals surface area contributed by atoms with E-state index in [1.54, 1.807) is 7.11 Å². The SMILES string of the molecule is COCCCS(=O)(=O)N1CC(C)CC(N)C1. The lowest BCUT2D eigenvalue weighted by Gasteiger charge is -2.33. The third kappa shape index (κ3) is 4.01. The predicted octanol–water partition coefficient (Wildman–Crippen LogP) is 0.0218. The quantitative estimate of drug-likeness (QED) is 0.698.